The van der Waals surface area contributed by atoms with Gasteiger partial charge < -0.3 is 5.32 Å². The summed E-state index contributed by atoms with van der Waals surface area (Å²) in [6.45, 7) is 7.64. The van der Waals surface area contributed by atoms with E-state index in [1.54, 1.807) is 13.0 Å². The molecule has 80 valence electrons. The molecule has 1 amide bonds. The van der Waals surface area contributed by atoms with Crippen molar-refractivity contribution in [2.24, 2.45) is 0 Å². The fourth-order valence-corrected chi connectivity index (χ4v) is 1.20. The topological polar surface area (TPSA) is 29.1 Å². The number of rotatable bonds is 3. The van der Waals surface area contributed by atoms with E-state index in [0.29, 0.717) is 12.1 Å². The number of halogens is 1. The number of carbonyl (C=O) groups is 1. The van der Waals surface area contributed by atoms with E-state index in [1.165, 1.54) is 12.1 Å². The average molecular weight is 207 g/mol. The van der Waals surface area contributed by atoms with Gasteiger partial charge in [-0.3, -0.25) is 4.79 Å². The van der Waals surface area contributed by atoms with Gasteiger partial charge in [0.1, 0.15) is 5.82 Å². The molecule has 2 nitrogen and oxygen atoms in total. The summed E-state index contributed by atoms with van der Waals surface area (Å²) in [6.07, 6.45) is 0. The fourth-order valence-electron chi connectivity index (χ4n) is 1.20. The van der Waals surface area contributed by atoms with Crippen molar-refractivity contribution >= 4 is 5.91 Å². The Hall–Kier alpha value is -1.64. The maximum absolute atomic E-state index is 13.0. The van der Waals surface area contributed by atoms with E-state index in [1.807, 2.05) is 6.92 Å². The SMILES string of the molecule is C=C(C)CNC(=O)c1cc(C)cc(F)c1. The molecule has 0 bridgehead atoms. The van der Waals surface area contributed by atoms with Gasteiger partial charge in [-0.2, -0.15) is 0 Å². The Balaban J connectivity index is 2.77. The summed E-state index contributed by atoms with van der Waals surface area (Å²) in [5, 5.41) is 2.65. The zero-order valence-corrected chi connectivity index (χ0v) is 8.93. The van der Waals surface area contributed by atoms with Crippen LogP contribution in [0.5, 0.6) is 0 Å². The highest BCUT2D eigenvalue weighted by atomic mass is 19.1. The summed E-state index contributed by atoms with van der Waals surface area (Å²) in [5.41, 5.74) is 1.93. The van der Waals surface area contributed by atoms with Crippen LogP contribution in [0.3, 0.4) is 0 Å². The maximum atomic E-state index is 13.0. The molecular formula is C12H14FNO. The van der Waals surface area contributed by atoms with Crippen LogP contribution in [0, 0.1) is 12.7 Å². The van der Waals surface area contributed by atoms with Crippen LogP contribution < -0.4 is 5.32 Å². The lowest BCUT2D eigenvalue weighted by Gasteiger charge is -2.05. The van der Waals surface area contributed by atoms with E-state index in [2.05, 4.69) is 11.9 Å². The van der Waals surface area contributed by atoms with Crippen molar-refractivity contribution in [1.29, 1.82) is 0 Å². The van der Waals surface area contributed by atoms with Crippen molar-refractivity contribution in [1.82, 2.24) is 5.32 Å². The summed E-state index contributed by atoms with van der Waals surface area (Å²) in [7, 11) is 0. The van der Waals surface area contributed by atoms with Crippen molar-refractivity contribution in [2.75, 3.05) is 6.54 Å². The van der Waals surface area contributed by atoms with Crippen molar-refractivity contribution in [3.63, 3.8) is 0 Å². The largest absolute Gasteiger partial charge is 0.348 e. The van der Waals surface area contributed by atoms with E-state index in [-0.39, 0.29) is 5.91 Å². The maximum Gasteiger partial charge on any atom is 0.251 e. The lowest BCUT2D eigenvalue weighted by molar-refractivity contribution is 0.0956. The second-order valence-corrected chi connectivity index (χ2v) is 3.66. The number of hydrogen-bond acceptors (Lipinski definition) is 1. The molecule has 0 unspecified atom stereocenters. The van der Waals surface area contributed by atoms with Crippen LogP contribution in [0.2, 0.25) is 0 Å². The minimum absolute atomic E-state index is 0.277. The van der Waals surface area contributed by atoms with Gasteiger partial charge in [-0.1, -0.05) is 12.2 Å². The molecular weight excluding hydrogens is 193 g/mol. The van der Waals surface area contributed by atoms with Crippen LogP contribution in [-0.4, -0.2) is 12.5 Å². The minimum atomic E-state index is -0.393. The van der Waals surface area contributed by atoms with Gasteiger partial charge in [0.25, 0.3) is 5.91 Å². The number of benzene rings is 1. The Morgan fingerprint density at radius 1 is 1.47 bits per heavy atom. The smallest absolute Gasteiger partial charge is 0.251 e. The lowest BCUT2D eigenvalue weighted by Crippen LogP contribution is -2.25. The van der Waals surface area contributed by atoms with Gasteiger partial charge in [-0.05, 0) is 37.6 Å². The quantitative estimate of drug-likeness (QED) is 0.758. The third-order valence-electron chi connectivity index (χ3n) is 1.86. The first kappa shape index (κ1) is 11.4. The molecule has 0 atom stereocenters. The van der Waals surface area contributed by atoms with Gasteiger partial charge in [0.05, 0.1) is 0 Å². The Morgan fingerprint density at radius 2 is 2.13 bits per heavy atom. The van der Waals surface area contributed by atoms with Gasteiger partial charge in [0.15, 0.2) is 0 Å². The first-order valence-electron chi connectivity index (χ1n) is 4.69. The molecule has 3 heteroatoms. The first-order chi connectivity index (χ1) is 6.99. The normalized spacial score (nSPS) is 9.80. The predicted octanol–water partition coefficient (Wildman–Crippen LogP) is 2.44. The van der Waals surface area contributed by atoms with Crippen LogP contribution in [0.25, 0.3) is 0 Å². The molecule has 0 aliphatic carbocycles. The molecule has 1 aromatic carbocycles. The highest BCUT2D eigenvalue weighted by molar-refractivity contribution is 5.94. The summed E-state index contributed by atoms with van der Waals surface area (Å²) in [5.74, 6) is -0.670. The van der Waals surface area contributed by atoms with E-state index in [0.717, 1.165) is 11.1 Å². The van der Waals surface area contributed by atoms with E-state index >= 15 is 0 Å². The zero-order chi connectivity index (χ0) is 11.4. The van der Waals surface area contributed by atoms with Crippen LogP contribution in [0.15, 0.2) is 30.4 Å². The molecule has 0 saturated carbocycles. The highest BCUT2D eigenvalue weighted by Gasteiger charge is 2.06. The Bertz CT molecular complexity index is 378. The van der Waals surface area contributed by atoms with E-state index in [4.69, 9.17) is 0 Å². The van der Waals surface area contributed by atoms with Crippen molar-refractivity contribution < 1.29 is 9.18 Å². The lowest BCUT2D eigenvalue weighted by atomic mass is 10.1. The molecule has 0 aliphatic rings. The second kappa shape index (κ2) is 4.73. The van der Waals surface area contributed by atoms with Crippen LogP contribution in [0.1, 0.15) is 22.8 Å². The highest BCUT2D eigenvalue weighted by Crippen LogP contribution is 2.08. The molecule has 0 spiro atoms. The molecule has 1 aromatic rings. The molecule has 1 rings (SSSR count). The predicted molar refractivity (Wildman–Crippen MR) is 58.3 cm³/mol. The molecule has 0 fully saturated rings. The van der Waals surface area contributed by atoms with E-state index in [9.17, 15) is 9.18 Å². The molecule has 15 heavy (non-hydrogen) atoms. The van der Waals surface area contributed by atoms with Gasteiger partial charge in [-0.25, -0.2) is 4.39 Å². The van der Waals surface area contributed by atoms with Crippen molar-refractivity contribution in [2.45, 2.75) is 13.8 Å². The third kappa shape index (κ3) is 3.54. The minimum Gasteiger partial charge on any atom is -0.348 e. The molecule has 0 aliphatic heterocycles. The van der Waals surface area contributed by atoms with Crippen molar-refractivity contribution in [3.05, 3.63) is 47.3 Å². The van der Waals surface area contributed by atoms with Crippen molar-refractivity contribution in [3.8, 4) is 0 Å². The second-order valence-electron chi connectivity index (χ2n) is 3.66. The zero-order valence-electron chi connectivity index (χ0n) is 8.93. The third-order valence-corrected chi connectivity index (χ3v) is 1.86. The Morgan fingerprint density at radius 3 is 2.67 bits per heavy atom. The van der Waals surface area contributed by atoms with Gasteiger partial charge in [0.2, 0.25) is 0 Å². The van der Waals surface area contributed by atoms with Crippen LogP contribution in [0.4, 0.5) is 4.39 Å². The summed E-state index contributed by atoms with van der Waals surface area (Å²) < 4.78 is 13.0. The van der Waals surface area contributed by atoms with Gasteiger partial charge in [-0.15, -0.1) is 0 Å². The van der Waals surface area contributed by atoms with Gasteiger partial charge >= 0.3 is 0 Å². The summed E-state index contributed by atoms with van der Waals surface area (Å²) in [4.78, 5) is 11.5. The molecule has 0 radical (unpaired) electrons. The molecule has 0 aromatic heterocycles. The Labute approximate surface area is 88.8 Å². The number of amides is 1. The number of nitrogens with one attached hydrogen (secondary N) is 1. The molecule has 0 heterocycles. The average Bonchev–Trinajstić information content (AvgIpc) is 2.12. The molecule has 0 saturated heterocycles. The van der Waals surface area contributed by atoms with Crippen LogP contribution in [-0.2, 0) is 0 Å². The Kier molecular flexibility index (Phi) is 3.61. The number of hydrogen-bond donors (Lipinski definition) is 1. The fraction of sp³-hybridized carbons (Fsp3) is 0.250. The number of carbonyl (C=O) groups excluding carboxylic acids is 1. The van der Waals surface area contributed by atoms with Crippen LogP contribution >= 0.6 is 0 Å². The van der Waals surface area contributed by atoms with Gasteiger partial charge in [0, 0.05) is 12.1 Å². The monoisotopic (exact) mass is 207 g/mol. The first-order valence-corrected chi connectivity index (χ1v) is 4.69. The summed E-state index contributed by atoms with van der Waals surface area (Å²) in [6, 6.07) is 4.26. The molecule has 1 N–H and O–H groups in total. The number of aryl methyl sites for hydroxylation is 1. The standard InChI is InChI=1S/C12H14FNO/c1-8(2)7-14-12(15)10-4-9(3)5-11(13)6-10/h4-6H,1,7H2,2-3H3,(H,14,15). The summed E-state index contributed by atoms with van der Waals surface area (Å²) >= 11 is 0. The van der Waals surface area contributed by atoms with E-state index < -0.39 is 5.82 Å².